The molecule has 2 rings (SSSR count). The summed E-state index contributed by atoms with van der Waals surface area (Å²) in [4.78, 5) is 11.8. The Bertz CT molecular complexity index is 578. The maximum atomic E-state index is 11.8. The van der Waals surface area contributed by atoms with Gasteiger partial charge in [0, 0.05) is 11.4 Å². The standard InChI is InChI=1S/C17H19NOS/c1-13-7-9-16(10-8-13)18-17(19)12-20-11-15-6-4-3-5-14(15)2/h3-10H,11-12H2,1-2H3,(H,18,19). The van der Waals surface area contributed by atoms with Crippen LogP contribution in [0.25, 0.3) is 0 Å². The third-order valence-electron chi connectivity index (χ3n) is 3.09. The van der Waals surface area contributed by atoms with E-state index in [2.05, 4.69) is 24.4 Å². The van der Waals surface area contributed by atoms with E-state index >= 15 is 0 Å². The number of anilines is 1. The predicted octanol–water partition coefficient (Wildman–Crippen LogP) is 4.18. The molecule has 2 aromatic rings. The van der Waals surface area contributed by atoms with Crippen LogP contribution >= 0.6 is 11.8 Å². The molecule has 0 radical (unpaired) electrons. The number of benzene rings is 2. The third kappa shape index (κ3) is 4.42. The van der Waals surface area contributed by atoms with Crippen molar-refractivity contribution < 1.29 is 4.79 Å². The summed E-state index contributed by atoms with van der Waals surface area (Å²) in [5.41, 5.74) is 4.62. The van der Waals surface area contributed by atoms with Gasteiger partial charge in [0.2, 0.25) is 5.91 Å². The highest BCUT2D eigenvalue weighted by Gasteiger charge is 2.04. The molecule has 0 saturated carbocycles. The van der Waals surface area contributed by atoms with E-state index in [0.717, 1.165) is 11.4 Å². The van der Waals surface area contributed by atoms with Gasteiger partial charge in [0.25, 0.3) is 0 Å². The van der Waals surface area contributed by atoms with Gasteiger partial charge in [-0.3, -0.25) is 4.79 Å². The SMILES string of the molecule is Cc1ccc(NC(=O)CSCc2ccccc2C)cc1. The van der Waals surface area contributed by atoms with Crippen LogP contribution in [-0.4, -0.2) is 11.7 Å². The monoisotopic (exact) mass is 285 g/mol. The van der Waals surface area contributed by atoms with Gasteiger partial charge in [-0.15, -0.1) is 11.8 Å². The summed E-state index contributed by atoms with van der Waals surface area (Å²) in [5.74, 6) is 1.39. The van der Waals surface area contributed by atoms with Crippen molar-refractivity contribution in [3.63, 3.8) is 0 Å². The van der Waals surface area contributed by atoms with E-state index in [9.17, 15) is 4.79 Å². The van der Waals surface area contributed by atoms with Gasteiger partial charge in [-0.25, -0.2) is 0 Å². The van der Waals surface area contributed by atoms with Gasteiger partial charge in [0.1, 0.15) is 0 Å². The first kappa shape index (κ1) is 14.7. The zero-order chi connectivity index (χ0) is 14.4. The first-order valence-corrected chi connectivity index (χ1v) is 7.79. The second kappa shape index (κ2) is 7.15. The number of nitrogens with one attached hydrogen (secondary N) is 1. The lowest BCUT2D eigenvalue weighted by Gasteiger charge is -2.07. The van der Waals surface area contributed by atoms with Crippen molar-refractivity contribution in [1.29, 1.82) is 0 Å². The Balaban J connectivity index is 1.78. The molecule has 0 bridgehead atoms. The smallest absolute Gasteiger partial charge is 0.234 e. The van der Waals surface area contributed by atoms with E-state index in [1.807, 2.05) is 43.3 Å². The van der Waals surface area contributed by atoms with Crippen LogP contribution in [-0.2, 0) is 10.5 Å². The van der Waals surface area contributed by atoms with E-state index in [1.54, 1.807) is 11.8 Å². The third-order valence-corrected chi connectivity index (χ3v) is 4.07. The molecule has 0 saturated heterocycles. The molecule has 0 aliphatic carbocycles. The van der Waals surface area contributed by atoms with Crippen LogP contribution < -0.4 is 5.32 Å². The van der Waals surface area contributed by atoms with Gasteiger partial charge in [-0.1, -0.05) is 42.0 Å². The van der Waals surface area contributed by atoms with Crippen molar-refractivity contribution in [2.75, 3.05) is 11.1 Å². The van der Waals surface area contributed by atoms with Crippen LogP contribution in [0.2, 0.25) is 0 Å². The summed E-state index contributed by atoms with van der Waals surface area (Å²) >= 11 is 1.64. The Kier molecular flexibility index (Phi) is 5.24. The quantitative estimate of drug-likeness (QED) is 0.893. The molecule has 0 aliphatic rings. The van der Waals surface area contributed by atoms with Gasteiger partial charge in [-0.2, -0.15) is 0 Å². The number of rotatable bonds is 5. The Morgan fingerprint density at radius 1 is 1.05 bits per heavy atom. The minimum absolute atomic E-state index is 0.0486. The maximum absolute atomic E-state index is 11.8. The molecule has 2 aromatic carbocycles. The Hall–Kier alpha value is -1.74. The molecule has 1 amide bonds. The molecule has 1 N–H and O–H groups in total. The Morgan fingerprint density at radius 3 is 2.45 bits per heavy atom. The number of carbonyl (C=O) groups is 1. The molecule has 0 spiro atoms. The van der Waals surface area contributed by atoms with Gasteiger partial charge in [0.05, 0.1) is 5.75 Å². The van der Waals surface area contributed by atoms with Crippen LogP contribution in [0, 0.1) is 13.8 Å². The number of amides is 1. The second-order valence-electron chi connectivity index (χ2n) is 4.83. The fraction of sp³-hybridized carbons (Fsp3) is 0.235. The first-order chi connectivity index (χ1) is 9.65. The summed E-state index contributed by atoms with van der Waals surface area (Å²) in [6, 6.07) is 16.1. The molecule has 3 heteroatoms. The van der Waals surface area contributed by atoms with Gasteiger partial charge in [0.15, 0.2) is 0 Å². The van der Waals surface area contributed by atoms with Crippen molar-refractivity contribution in [1.82, 2.24) is 0 Å². The van der Waals surface area contributed by atoms with Crippen molar-refractivity contribution in [2.24, 2.45) is 0 Å². The summed E-state index contributed by atoms with van der Waals surface area (Å²) in [7, 11) is 0. The van der Waals surface area contributed by atoms with Crippen molar-refractivity contribution >= 4 is 23.4 Å². The van der Waals surface area contributed by atoms with Crippen LogP contribution in [0.4, 0.5) is 5.69 Å². The lowest BCUT2D eigenvalue weighted by Crippen LogP contribution is -2.14. The normalized spacial score (nSPS) is 10.3. The van der Waals surface area contributed by atoms with Crippen LogP contribution in [0.5, 0.6) is 0 Å². The van der Waals surface area contributed by atoms with E-state index < -0.39 is 0 Å². The minimum Gasteiger partial charge on any atom is -0.325 e. The largest absolute Gasteiger partial charge is 0.325 e. The number of carbonyl (C=O) groups excluding carboxylic acids is 1. The van der Waals surface area contributed by atoms with E-state index in [4.69, 9.17) is 0 Å². The molecular formula is C17H19NOS. The Labute approximate surface area is 124 Å². The fourth-order valence-corrected chi connectivity index (χ4v) is 2.76. The summed E-state index contributed by atoms with van der Waals surface area (Å²) in [6.07, 6.45) is 0. The molecule has 0 heterocycles. The van der Waals surface area contributed by atoms with Gasteiger partial charge >= 0.3 is 0 Å². The van der Waals surface area contributed by atoms with Crippen LogP contribution in [0.15, 0.2) is 48.5 Å². The highest BCUT2D eigenvalue weighted by Crippen LogP contribution is 2.16. The molecule has 0 atom stereocenters. The summed E-state index contributed by atoms with van der Waals surface area (Å²) in [5, 5.41) is 2.91. The molecule has 20 heavy (non-hydrogen) atoms. The van der Waals surface area contributed by atoms with E-state index in [1.165, 1.54) is 16.7 Å². The molecular weight excluding hydrogens is 266 g/mol. The lowest BCUT2D eigenvalue weighted by molar-refractivity contribution is -0.113. The zero-order valence-corrected chi connectivity index (χ0v) is 12.7. The van der Waals surface area contributed by atoms with E-state index in [0.29, 0.717) is 5.75 Å². The Morgan fingerprint density at radius 2 is 1.75 bits per heavy atom. The van der Waals surface area contributed by atoms with Crippen molar-refractivity contribution in [2.45, 2.75) is 19.6 Å². The zero-order valence-electron chi connectivity index (χ0n) is 11.8. The molecule has 0 aromatic heterocycles. The average Bonchev–Trinajstić information content (AvgIpc) is 2.43. The van der Waals surface area contributed by atoms with Crippen LogP contribution in [0.3, 0.4) is 0 Å². The maximum Gasteiger partial charge on any atom is 0.234 e. The first-order valence-electron chi connectivity index (χ1n) is 6.64. The molecule has 104 valence electrons. The molecule has 0 aliphatic heterocycles. The number of aryl methyl sites for hydroxylation is 2. The highest BCUT2D eigenvalue weighted by molar-refractivity contribution is 7.99. The van der Waals surface area contributed by atoms with Crippen molar-refractivity contribution in [3.05, 3.63) is 65.2 Å². The van der Waals surface area contributed by atoms with Crippen LogP contribution in [0.1, 0.15) is 16.7 Å². The summed E-state index contributed by atoms with van der Waals surface area (Å²) in [6.45, 7) is 4.13. The lowest BCUT2D eigenvalue weighted by atomic mass is 10.1. The number of hydrogen-bond acceptors (Lipinski definition) is 2. The molecule has 2 nitrogen and oxygen atoms in total. The minimum atomic E-state index is 0.0486. The average molecular weight is 285 g/mol. The molecule has 0 fully saturated rings. The summed E-state index contributed by atoms with van der Waals surface area (Å²) < 4.78 is 0. The predicted molar refractivity (Wildman–Crippen MR) is 87.1 cm³/mol. The second-order valence-corrected chi connectivity index (χ2v) is 5.82. The van der Waals surface area contributed by atoms with Gasteiger partial charge in [-0.05, 0) is 37.1 Å². The topological polar surface area (TPSA) is 29.1 Å². The highest BCUT2D eigenvalue weighted by atomic mass is 32.2. The number of thioether (sulfide) groups is 1. The fourth-order valence-electron chi connectivity index (χ4n) is 1.86. The van der Waals surface area contributed by atoms with Gasteiger partial charge < -0.3 is 5.32 Å². The number of hydrogen-bond donors (Lipinski definition) is 1. The van der Waals surface area contributed by atoms with E-state index in [-0.39, 0.29) is 5.91 Å². The molecule has 0 unspecified atom stereocenters. The van der Waals surface area contributed by atoms with Crippen molar-refractivity contribution in [3.8, 4) is 0 Å².